The van der Waals surface area contributed by atoms with Gasteiger partial charge in [0.05, 0.1) is 6.10 Å². The lowest BCUT2D eigenvalue weighted by Gasteiger charge is -2.24. The third-order valence-electron chi connectivity index (χ3n) is 3.08. The Labute approximate surface area is 123 Å². The second-order valence-electron chi connectivity index (χ2n) is 5.59. The molecule has 1 aliphatic rings. The molecule has 0 aromatic rings. The summed E-state index contributed by atoms with van der Waals surface area (Å²) in [6.07, 6.45) is -0.0989. The third-order valence-corrected chi connectivity index (χ3v) is 3.08. The molecule has 1 fully saturated rings. The van der Waals surface area contributed by atoms with Gasteiger partial charge in [0, 0.05) is 13.1 Å². The van der Waals surface area contributed by atoms with E-state index < -0.39 is 24.0 Å². The monoisotopic (exact) mass is 301 g/mol. The third kappa shape index (κ3) is 5.99. The molecular weight excluding hydrogens is 278 g/mol. The summed E-state index contributed by atoms with van der Waals surface area (Å²) in [6, 6.07) is -0.398. The lowest BCUT2D eigenvalue weighted by Crippen LogP contribution is -2.47. The predicted octanol–water partition coefficient (Wildman–Crippen LogP) is -0.228. The van der Waals surface area contributed by atoms with Crippen molar-refractivity contribution < 1.29 is 24.2 Å². The number of primary amides is 1. The maximum Gasteiger partial charge on any atom is 0.332 e. The van der Waals surface area contributed by atoms with Crippen LogP contribution in [0.3, 0.4) is 0 Å². The molecule has 120 valence electrons. The maximum absolute atomic E-state index is 12.0. The Balaban J connectivity index is 2.43. The molecule has 1 saturated heterocycles. The lowest BCUT2D eigenvalue weighted by atomic mass is 10.2. The molecule has 0 aliphatic carbocycles. The predicted molar refractivity (Wildman–Crippen MR) is 74.5 cm³/mol. The van der Waals surface area contributed by atoms with Gasteiger partial charge in [0.2, 0.25) is 5.91 Å². The lowest BCUT2D eigenvalue weighted by molar-refractivity contribution is -0.149. The number of ether oxygens (including phenoxy) is 1. The molecule has 4 N–H and O–H groups in total. The van der Waals surface area contributed by atoms with E-state index in [4.69, 9.17) is 15.6 Å². The number of aliphatic carboxylic acids is 1. The number of nitrogens with one attached hydrogen (secondary N) is 1. The van der Waals surface area contributed by atoms with Crippen molar-refractivity contribution in [3.05, 3.63) is 0 Å². The van der Waals surface area contributed by atoms with Gasteiger partial charge in [-0.05, 0) is 18.8 Å². The highest BCUT2D eigenvalue weighted by molar-refractivity contribution is 5.83. The maximum atomic E-state index is 12.0. The number of carboxylic acids is 1. The quantitative estimate of drug-likeness (QED) is 0.599. The van der Waals surface area contributed by atoms with Crippen molar-refractivity contribution in [2.45, 2.75) is 38.9 Å². The average molecular weight is 301 g/mol. The van der Waals surface area contributed by atoms with Crippen LogP contribution in [0.1, 0.15) is 26.7 Å². The first-order valence-corrected chi connectivity index (χ1v) is 6.99. The van der Waals surface area contributed by atoms with Crippen molar-refractivity contribution in [3.8, 4) is 0 Å². The topological polar surface area (TPSA) is 122 Å². The first kappa shape index (κ1) is 17.2. The van der Waals surface area contributed by atoms with Crippen molar-refractivity contribution >= 4 is 17.9 Å². The van der Waals surface area contributed by atoms with E-state index in [0.717, 1.165) is 0 Å². The Morgan fingerprint density at radius 1 is 1.38 bits per heavy atom. The average Bonchev–Trinajstić information content (AvgIpc) is 2.82. The number of hydrogen-bond donors (Lipinski definition) is 3. The Kier molecular flexibility index (Phi) is 6.41. The number of carbonyl (C=O) groups excluding carboxylic acids is 2. The highest BCUT2D eigenvalue weighted by Crippen LogP contribution is 2.19. The van der Waals surface area contributed by atoms with Gasteiger partial charge in [-0.3, -0.25) is 4.79 Å². The Morgan fingerprint density at radius 2 is 2.05 bits per heavy atom. The molecule has 0 aromatic heterocycles. The molecule has 0 aromatic carbocycles. The number of nitrogens with zero attached hydrogens (tertiary/aromatic N) is 1. The van der Waals surface area contributed by atoms with Crippen LogP contribution in [-0.4, -0.2) is 59.8 Å². The van der Waals surface area contributed by atoms with Crippen LogP contribution in [0.2, 0.25) is 0 Å². The van der Waals surface area contributed by atoms with E-state index in [-0.39, 0.29) is 25.1 Å². The van der Waals surface area contributed by atoms with Gasteiger partial charge in [-0.15, -0.1) is 0 Å². The van der Waals surface area contributed by atoms with E-state index in [1.54, 1.807) is 0 Å². The molecular formula is C13H23N3O5. The zero-order chi connectivity index (χ0) is 16.0. The molecule has 2 unspecified atom stereocenters. The fraction of sp³-hybridized carbons (Fsp3) is 0.769. The van der Waals surface area contributed by atoms with E-state index >= 15 is 0 Å². The molecule has 3 amide bonds. The smallest absolute Gasteiger partial charge is 0.332 e. The molecule has 21 heavy (non-hydrogen) atoms. The second-order valence-corrected chi connectivity index (χ2v) is 5.59. The summed E-state index contributed by atoms with van der Waals surface area (Å²) in [7, 11) is 0. The first-order chi connectivity index (χ1) is 9.79. The summed E-state index contributed by atoms with van der Waals surface area (Å²) in [5.74, 6) is -1.36. The molecule has 8 nitrogen and oxygen atoms in total. The highest BCUT2D eigenvalue weighted by atomic mass is 16.5. The van der Waals surface area contributed by atoms with Gasteiger partial charge in [-0.2, -0.15) is 0 Å². The van der Waals surface area contributed by atoms with Gasteiger partial charge in [0.15, 0.2) is 6.10 Å². The van der Waals surface area contributed by atoms with Gasteiger partial charge >= 0.3 is 12.0 Å². The number of carboxylic acid groups (broad SMARTS) is 1. The van der Waals surface area contributed by atoms with Crippen molar-refractivity contribution in [2.75, 3.05) is 19.6 Å². The van der Waals surface area contributed by atoms with Crippen LogP contribution in [0.4, 0.5) is 4.79 Å². The number of rotatable bonds is 7. The summed E-state index contributed by atoms with van der Waals surface area (Å²) in [6.45, 7) is 4.35. The fourth-order valence-corrected chi connectivity index (χ4v) is 2.20. The van der Waals surface area contributed by atoms with Crippen molar-refractivity contribution in [3.63, 3.8) is 0 Å². The first-order valence-electron chi connectivity index (χ1n) is 6.99. The fourth-order valence-electron chi connectivity index (χ4n) is 2.20. The van der Waals surface area contributed by atoms with Crippen LogP contribution in [0, 0.1) is 5.92 Å². The van der Waals surface area contributed by atoms with Crippen LogP contribution in [-0.2, 0) is 14.3 Å². The SMILES string of the molecule is CC(C)CN(CC(N)=O)C(=O)NCC1CCC(C(=O)O)O1. The molecule has 1 aliphatic heterocycles. The van der Waals surface area contributed by atoms with Gasteiger partial charge in [-0.25, -0.2) is 9.59 Å². The van der Waals surface area contributed by atoms with Crippen LogP contribution in [0.5, 0.6) is 0 Å². The van der Waals surface area contributed by atoms with Crippen LogP contribution in [0.15, 0.2) is 0 Å². The minimum absolute atomic E-state index is 0.146. The van der Waals surface area contributed by atoms with Crippen LogP contribution >= 0.6 is 0 Å². The van der Waals surface area contributed by atoms with Gasteiger partial charge in [0.25, 0.3) is 0 Å². The van der Waals surface area contributed by atoms with Crippen LogP contribution < -0.4 is 11.1 Å². The summed E-state index contributed by atoms with van der Waals surface area (Å²) in [4.78, 5) is 35.1. The molecule has 0 spiro atoms. The molecule has 1 rings (SSSR count). The molecule has 1 heterocycles. The number of nitrogens with two attached hydrogens (primary N) is 1. The number of hydrogen-bond acceptors (Lipinski definition) is 4. The standard InChI is InChI=1S/C13H23N3O5/c1-8(2)6-16(7-11(14)17)13(20)15-5-9-3-4-10(21-9)12(18)19/h8-10H,3-7H2,1-2H3,(H2,14,17)(H,15,20)(H,18,19). The number of urea groups is 1. The Hall–Kier alpha value is -1.83. The molecule has 0 saturated carbocycles. The second kappa shape index (κ2) is 7.82. The molecule has 8 heteroatoms. The van der Waals surface area contributed by atoms with E-state index in [2.05, 4.69) is 5.32 Å². The minimum atomic E-state index is -0.987. The van der Waals surface area contributed by atoms with E-state index in [0.29, 0.717) is 19.4 Å². The molecule has 0 radical (unpaired) electrons. The Bertz CT molecular complexity index is 399. The summed E-state index contributed by atoms with van der Waals surface area (Å²) >= 11 is 0. The zero-order valence-electron chi connectivity index (χ0n) is 12.4. The minimum Gasteiger partial charge on any atom is -0.479 e. The molecule has 0 bridgehead atoms. The normalized spacial score (nSPS) is 21.3. The summed E-state index contributed by atoms with van der Waals surface area (Å²) in [5.41, 5.74) is 5.13. The molecule has 2 atom stereocenters. The van der Waals surface area contributed by atoms with E-state index in [1.807, 2.05) is 13.8 Å². The summed E-state index contributed by atoms with van der Waals surface area (Å²) < 4.78 is 5.29. The van der Waals surface area contributed by atoms with Gasteiger partial charge in [0.1, 0.15) is 6.54 Å². The van der Waals surface area contributed by atoms with Gasteiger partial charge < -0.3 is 25.8 Å². The zero-order valence-corrected chi connectivity index (χ0v) is 12.4. The van der Waals surface area contributed by atoms with E-state index in [1.165, 1.54) is 4.90 Å². The van der Waals surface area contributed by atoms with Crippen LogP contribution in [0.25, 0.3) is 0 Å². The summed E-state index contributed by atoms with van der Waals surface area (Å²) in [5, 5.41) is 11.5. The Morgan fingerprint density at radius 3 is 2.52 bits per heavy atom. The number of amides is 3. The largest absolute Gasteiger partial charge is 0.479 e. The highest BCUT2D eigenvalue weighted by Gasteiger charge is 2.30. The van der Waals surface area contributed by atoms with Gasteiger partial charge in [-0.1, -0.05) is 13.8 Å². The van der Waals surface area contributed by atoms with Crippen molar-refractivity contribution in [1.82, 2.24) is 10.2 Å². The van der Waals surface area contributed by atoms with Crippen molar-refractivity contribution in [2.24, 2.45) is 11.7 Å². The van der Waals surface area contributed by atoms with Crippen molar-refractivity contribution in [1.29, 1.82) is 0 Å². The number of carbonyl (C=O) groups is 3. The van der Waals surface area contributed by atoms with E-state index in [9.17, 15) is 14.4 Å².